The van der Waals surface area contributed by atoms with Gasteiger partial charge in [0.15, 0.2) is 0 Å². The Bertz CT molecular complexity index is 371. The molecule has 0 radical (unpaired) electrons. The summed E-state index contributed by atoms with van der Waals surface area (Å²) in [4.78, 5) is 11.4. The number of rotatable bonds is 3. The Morgan fingerprint density at radius 1 is 1.47 bits per heavy atom. The summed E-state index contributed by atoms with van der Waals surface area (Å²) in [6.45, 7) is 2.08. The second-order valence-electron chi connectivity index (χ2n) is 4.07. The number of benzene rings is 1. The minimum absolute atomic E-state index is 0.233. The molecule has 0 amide bonds. The van der Waals surface area contributed by atoms with E-state index >= 15 is 0 Å². The number of hydrogen-bond acceptors (Lipinski definition) is 2. The van der Waals surface area contributed by atoms with E-state index in [0.717, 1.165) is 12.2 Å². The Hall–Kier alpha value is -1.31. The molecule has 2 nitrogen and oxygen atoms in total. The third-order valence-corrected chi connectivity index (χ3v) is 3.28. The summed E-state index contributed by atoms with van der Waals surface area (Å²) in [5, 5.41) is 0. The van der Waals surface area contributed by atoms with Crippen LogP contribution in [0.2, 0.25) is 0 Å². The molecule has 80 valence electrons. The molecule has 0 saturated heterocycles. The largest absolute Gasteiger partial charge is 0.497 e. The first-order chi connectivity index (χ1) is 7.26. The van der Waals surface area contributed by atoms with Crippen molar-refractivity contribution in [1.82, 2.24) is 0 Å². The van der Waals surface area contributed by atoms with Gasteiger partial charge in [-0.3, -0.25) is 4.79 Å². The summed E-state index contributed by atoms with van der Waals surface area (Å²) in [6.07, 6.45) is 1.65. The molecule has 0 heterocycles. The van der Waals surface area contributed by atoms with Gasteiger partial charge in [0.25, 0.3) is 0 Å². The SMILES string of the molecule is CCC1C(=O)CC1c1cccc(OC)c1. The van der Waals surface area contributed by atoms with Crippen LogP contribution in [0.4, 0.5) is 0 Å². The van der Waals surface area contributed by atoms with E-state index in [4.69, 9.17) is 4.74 Å². The molecule has 2 heteroatoms. The molecule has 1 saturated carbocycles. The van der Waals surface area contributed by atoms with Gasteiger partial charge >= 0.3 is 0 Å². The van der Waals surface area contributed by atoms with E-state index in [0.29, 0.717) is 18.1 Å². The molecule has 1 aliphatic rings. The molecule has 2 atom stereocenters. The number of Topliss-reactive ketones (excluding diaryl/α,β-unsaturated/α-hetero) is 1. The molecule has 1 aromatic carbocycles. The zero-order chi connectivity index (χ0) is 10.8. The summed E-state index contributed by atoms with van der Waals surface area (Å²) in [5.74, 6) is 1.93. The number of carbonyl (C=O) groups excluding carboxylic acids is 1. The van der Waals surface area contributed by atoms with Gasteiger partial charge in [-0.2, -0.15) is 0 Å². The molecule has 2 unspecified atom stereocenters. The van der Waals surface area contributed by atoms with Gasteiger partial charge in [0.1, 0.15) is 11.5 Å². The molecular formula is C13H16O2. The molecule has 1 aromatic rings. The number of methoxy groups -OCH3 is 1. The second kappa shape index (κ2) is 4.05. The average Bonchev–Trinajstić information content (AvgIpc) is 2.26. The summed E-state index contributed by atoms with van der Waals surface area (Å²) >= 11 is 0. The van der Waals surface area contributed by atoms with Gasteiger partial charge < -0.3 is 4.74 Å². The van der Waals surface area contributed by atoms with Crippen molar-refractivity contribution < 1.29 is 9.53 Å². The molecule has 1 aliphatic carbocycles. The van der Waals surface area contributed by atoms with E-state index in [9.17, 15) is 4.79 Å². The van der Waals surface area contributed by atoms with Crippen LogP contribution in [0.25, 0.3) is 0 Å². The third kappa shape index (κ3) is 1.76. The lowest BCUT2D eigenvalue weighted by Gasteiger charge is -2.34. The minimum Gasteiger partial charge on any atom is -0.497 e. The van der Waals surface area contributed by atoms with Crippen molar-refractivity contribution in [3.05, 3.63) is 29.8 Å². The van der Waals surface area contributed by atoms with E-state index in [1.54, 1.807) is 7.11 Å². The molecular weight excluding hydrogens is 188 g/mol. The Morgan fingerprint density at radius 2 is 2.27 bits per heavy atom. The molecule has 2 rings (SSSR count). The first-order valence-electron chi connectivity index (χ1n) is 5.43. The van der Waals surface area contributed by atoms with Crippen LogP contribution in [-0.4, -0.2) is 12.9 Å². The van der Waals surface area contributed by atoms with Crippen LogP contribution in [0.1, 0.15) is 31.2 Å². The monoisotopic (exact) mass is 204 g/mol. The van der Waals surface area contributed by atoms with Crippen LogP contribution in [0.5, 0.6) is 5.75 Å². The van der Waals surface area contributed by atoms with Crippen LogP contribution < -0.4 is 4.74 Å². The number of ketones is 1. The van der Waals surface area contributed by atoms with Crippen LogP contribution in [0.3, 0.4) is 0 Å². The predicted octanol–water partition coefficient (Wildman–Crippen LogP) is 2.78. The van der Waals surface area contributed by atoms with E-state index in [2.05, 4.69) is 13.0 Å². The molecule has 15 heavy (non-hydrogen) atoms. The molecule has 1 fully saturated rings. The normalized spacial score (nSPS) is 24.8. The van der Waals surface area contributed by atoms with Gasteiger partial charge in [0.2, 0.25) is 0 Å². The third-order valence-electron chi connectivity index (χ3n) is 3.28. The Labute approximate surface area is 90.3 Å². The highest BCUT2D eigenvalue weighted by atomic mass is 16.5. The van der Waals surface area contributed by atoms with E-state index < -0.39 is 0 Å². The van der Waals surface area contributed by atoms with Crippen LogP contribution in [0.15, 0.2) is 24.3 Å². The summed E-state index contributed by atoms with van der Waals surface area (Å²) < 4.78 is 5.18. The fraction of sp³-hybridized carbons (Fsp3) is 0.462. The van der Waals surface area contributed by atoms with Gasteiger partial charge in [-0.1, -0.05) is 19.1 Å². The standard InChI is InChI=1S/C13H16O2/c1-3-11-12(8-13(11)14)9-5-4-6-10(7-9)15-2/h4-7,11-12H,3,8H2,1-2H3. The van der Waals surface area contributed by atoms with Crippen molar-refractivity contribution in [2.24, 2.45) is 5.92 Å². The lowest BCUT2D eigenvalue weighted by Crippen LogP contribution is -2.34. The maximum atomic E-state index is 11.4. The van der Waals surface area contributed by atoms with Gasteiger partial charge in [0, 0.05) is 18.3 Å². The molecule has 0 aromatic heterocycles. The average molecular weight is 204 g/mol. The number of ether oxygens (including phenoxy) is 1. The van der Waals surface area contributed by atoms with Crippen molar-refractivity contribution in [2.45, 2.75) is 25.7 Å². The summed E-state index contributed by atoms with van der Waals surface area (Å²) in [6, 6.07) is 8.05. The minimum atomic E-state index is 0.233. The van der Waals surface area contributed by atoms with Crippen LogP contribution >= 0.6 is 0 Å². The topological polar surface area (TPSA) is 26.3 Å². The first-order valence-corrected chi connectivity index (χ1v) is 5.43. The number of carbonyl (C=O) groups is 1. The Morgan fingerprint density at radius 3 is 2.87 bits per heavy atom. The van der Waals surface area contributed by atoms with Crippen LogP contribution in [-0.2, 0) is 4.79 Å². The highest BCUT2D eigenvalue weighted by Crippen LogP contribution is 2.42. The molecule has 0 bridgehead atoms. The predicted molar refractivity (Wildman–Crippen MR) is 59.1 cm³/mol. The zero-order valence-corrected chi connectivity index (χ0v) is 9.19. The fourth-order valence-corrected chi connectivity index (χ4v) is 2.31. The fourth-order valence-electron chi connectivity index (χ4n) is 2.31. The first kappa shape index (κ1) is 10.2. The van der Waals surface area contributed by atoms with E-state index in [1.165, 1.54) is 5.56 Å². The van der Waals surface area contributed by atoms with Gasteiger partial charge in [-0.15, -0.1) is 0 Å². The quantitative estimate of drug-likeness (QED) is 0.756. The van der Waals surface area contributed by atoms with Crippen molar-refractivity contribution >= 4 is 5.78 Å². The Balaban J connectivity index is 2.19. The van der Waals surface area contributed by atoms with Gasteiger partial charge in [-0.05, 0) is 24.1 Å². The smallest absolute Gasteiger partial charge is 0.137 e. The lowest BCUT2D eigenvalue weighted by molar-refractivity contribution is -0.131. The summed E-state index contributed by atoms with van der Waals surface area (Å²) in [7, 11) is 1.67. The van der Waals surface area contributed by atoms with Crippen molar-refractivity contribution in [3.63, 3.8) is 0 Å². The van der Waals surface area contributed by atoms with E-state index in [-0.39, 0.29) is 5.92 Å². The number of hydrogen-bond donors (Lipinski definition) is 0. The second-order valence-corrected chi connectivity index (χ2v) is 4.07. The van der Waals surface area contributed by atoms with Crippen molar-refractivity contribution in [2.75, 3.05) is 7.11 Å². The highest BCUT2D eigenvalue weighted by Gasteiger charge is 2.38. The zero-order valence-electron chi connectivity index (χ0n) is 9.19. The van der Waals surface area contributed by atoms with Gasteiger partial charge in [-0.25, -0.2) is 0 Å². The Kier molecular flexibility index (Phi) is 2.76. The summed E-state index contributed by atoms with van der Waals surface area (Å²) in [5.41, 5.74) is 1.24. The molecule has 0 N–H and O–H groups in total. The highest BCUT2D eigenvalue weighted by molar-refractivity contribution is 5.89. The maximum absolute atomic E-state index is 11.4. The molecule has 0 spiro atoms. The van der Waals surface area contributed by atoms with Crippen molar-refractivity contribution in [1.29, 1.82) is 0 Å². The van der Waals surface area contributed by atoms with Crippen molar-refractivity contribution in [3.8, 4) is 5.75 Å². The molecule has 0 aliphatic heterocycles. The van der Waals surface area contributed by atoms with Gasteiger partial charge in [0.05, 0.1) is 7.11 Å². The van der Waals surface area contributed by atoms with E-state index in [1.807, 2.05) is 18.2 Å². The maximum Gasteiger partial charge on any atom is 0.137 e. The van der Waals surface area contributed by atoms with Crippen LogP contribution in [0, 0.1) is 5.92 Å². The lowest BCUT2D eigenvalue weighted by atomic mass is 9.68.